The molecule has 13 rings (SSSR count). The lowest BCUT2D eigenvalue weighted by molar-refractivity contribution is 0.590. The number of aryl methyl sites for hydroxylation is 2. The topological polar surface area (TPSA) is 0 Å². The second kappa shape index (κ2) is 14.5. The van der Waals surface area contributed by atoms with Gasteiger partial charge < -0.3 is 0 Å². The molecule has 13 aromatic carbocycles. The highest BCUT2D eigenvalue weighted by molar-refractivity contribution is 6.41. The summed E-state index contributed by atoms with van der Waals surface area (Å²) >= 11 is 0. The van der Waals surface area contributed by atoms with Crippen molar-refractivity contribution in [3.63, 3.8) is 0 Å². The number of rotatable bonds is 4. The summed E-state index contributed by atoms with van der Waals surface area (Å²) in [5.74, 6) is 0. The van der Waals surface area contributed by atoms with Gasteiger partial charge in [0.15, 0.2) is 0 Å². The first-order valence-corrected chi connectivity index (χ1v) is 24.4. The van der Waals surface area contributed by atoms with Crippen LogP contribution in [0.5, 0.6) is 0 Å². The third kappa shape index (κ3) is 6.13. The molecule has 0 aliphatic carbocycles. The Morgan fingerprint density at radius 2 is 0.515 bits per heavy atom. The molecule has 0 saturated heterocycles. The first kappa shape index (κ1) is 40.7. The number of benzene rings is 11. The molecule has 0 saturated carbocycles. The van der Waals surface area contributed by atoms with Crippen LogP contribution in [-0.2, 0) is 10.8 Å². The van der Waals surface area contributed by atoms with E-state index in [9.17, 15) is 0 Å². The largest absolute Gasteiger partial charge is 0.0620 e. The molecule has 0 aliphatic heterocycles. The molecule has 0 N–H and O–H groups in total. The van der Waals surface area contributed by atoms with Crippen LogP contribution >= 0.6 is 0 Å². The van der Waals surface area contributed by atoms with Gasteiger partial charge in [0.05, 0.1) is 0 Å². The van der Waals surface area contributed by atoms with E-state index in [-0.39, 0.29) is 10.8 Å². The van der Waals surface area contributed by atoms with E-state index in [1.807, 2.05) is 0 Å². The van der Waals surface area contributed by atoms with E-state index in [0.29, 0.717) is 0 Å². The Bertz CT molecular complexity index is 3910. The SMILES string of the molecule is Cc1ccccc1-c1cc2c3ccc4c(cc5c6cc(-c7ccc(C(C)(C)C)cc7)ccc6c6cc(-c7ccccc7C)cc4c65)c3cc3c4cc(-c5ccc(C(C)(C)C)cc5)ccc4c(c1)c23. The highest BCUT2D eigenvalue weighted by Crippen LogP contribution is 2.50. The van der Waals surface area contributed by atoms with Crippen molar-refractivity contribution in [2.24, 2.45) is 0 Å². The summed E-state index contributed by atoms with van der Waals surface area (Å²) < 4.78 is 0. The minimum Gasteiger partial charge on any atom is -0.0620 e. The highest BCUT2D eigenvalue weighted by Gasteiger charge is 2.23. The molecule has 0 bridgehead atoms. The zero-order valence-electron chi connectivity index (χ0n) is 40.3. The minimum atomic E-state index is 0.101. The average molecular weight is 871 g/mol. The average Bonchev–Trinajstić information content (AvgIpc) is 3.83. The fraction of sp³-hybridized carbons (Fsp3) is 0.147. The van der Waals surface area contributed by atoms with E-state index in [0.717, 1.165) is 0 Å². The summed E-state index contributed by atoms with van der Waals surface area (Å²) in [6.45, 7) is 18.2. The lowest BCUT2D eigenvalue weighted by Crippen LogP contribution is -2.10. The fourth-order valence-corrected chi connectivity index (χ4v) is 11.8. The monoisotopic (exact) mass is 870 g/mol. The third-order valence-corrected chi connectivity index (χ3v) is 15.5. The predicted molar refractivity (Wildman–Crippen MR) is 297 cm³/mol. The van der Waals surface area contributed by atoms with Crippen molar-refractivity contribution in [2.75, 3.05) is 0 Å². The summed E-state index contributed by atoms with van der Waals surface area (Å²) in [7, 11) is 0. The molecule has 0 atom stereocenters. The van der Waals surface area contributed by atoms with Crippen molar-refractivity contribution in [1.82, 2.24) is 0 Å². The molecule has 13 aromatic rings. The molecule has 0 amide bonds. The molecule has 0 heterocycles. The van der Waals surface area contributed by atoms with Gasteiger partial charge in [-0.3, -0.25) is 0 Å². The van der Waals surface area contributed by atoms with Gasteiger partial charge in [-0.15, -0.1) is 0 Å². The normalized spacial score (nSPS) is 12.7. The fourth-order valence-electron chi connectivity index (χ4n) is 11.8. The third-order valence-electron chi connectivity index (χ3n) is 15.5. The maximum atomic E-state index is 2.54. The van der Waals surface area contributed by atoms with E-state index >= 15 is 0 Å². The van der Waals surface area contributed by atoms with Crippen molar-refractivity contribution >= 4 is 86.2 Å². The molecule has 0 aromatic heterocycles. The van der Waals surface area contributed by atoms with Crippen molar-refractivity contribution < 1.29 is 0 Å². The second-order valence-electron chi connectivity index (χ2n) is 21.8. The molecule has 326 valence electrons. The summed E-state index contributed by atoms with van der Waals surface area (Å²) in [5, 5.41) is 21.1. The van der Waals surface area contributed by atoms with E-state index in [4.69, 9.17) is 0 Å². The molecule has 0 radical (unpaired) electrons. The summed E-state index contributed by atoms with van der Waals surface area (Å²) in [5.41, 5.74) is 15.6. The Balaban J connectivity index is 1.14. The van der Waals surface area contributed by atoms with E-state index in [2.05, 4.69) is 237 Å². The standard InChI is InChI=1S/C68H54/c1-39-13-9-11-15-49(39)45-33-59-51-27-21-43(41-17-23-47(24-18-41)67(3,4)5)31-55(51)63-37-57-53(61(35-45)65(59)63)29-30-54-58(57)38-64-56-32-44(42-19-25-48(26-20-42)68(6,7)8)22-28-52(56)60-34-46(36-62(54)66(60)64)50-16-12-10-14-40(50)2/h9-38H,1-8H3. The quantitative estimate of drug-likeness (QED) is 0.155. The first-order chi connectivity index (χ1) is 32.8. The van der Waals surface area contributed by atoms with Gasteiger partial charge in [-0.1, -0.05) is 175 Å². The zero-order valence-corrected chi connectivity index (χ0v) is 40.3. The molecule has 0 unspecified atom stereocenters. The van der Waals surface area contributed by atoms with Crippen LogP contribution < -0.4 is 0 Å². The van der Waals surface area contributed by atoms with Gasteiger partial charge in [0.2, 0.25) is 0 Å². The first-order valence-electron chi connectivity index (χ1n) is 24.4. The number of fused-ring (bicyclic) bond motifs is 11. The Morgan fingerprint density at radius 1 is 0.235 bits per heavy atom. The van der Waals surface area contributed by atoms with Gasteiger partial charge in [-0.2, -0.15) is 0 Å². The molecular formula is C68H54. The van der Waals surface area contributed by atoms with Gasteiger partial charge in [0.25, 0.3) is 0 Å². The van der Waals surface area contributed by atoms with Gasteiger partial charge in [0.1, 0.15) is 0 Å². The van der Waals surface area contributed by atoms with Gasteiger partial charge in [-0.05, 0) is 226 Å². The minimum absolute atomic E-state index is 0.101. The van der Waals surface area contributed by atoms with E-state index in [1.165, 1.54) is 153 Å². The summed E-state index contributed by atoms with van der Waals surface area (Å²) in [6.07, 6.45) is 0. The van der Waals surface area contributed by atoms with Crippen molar-refractivity contribution in [1.29, 1.82) is 0 Å². The van der Waals surface area contributed by atoms with Gasteiger partial charge in [-0.25, -0.2) is 0 Å². The highest BCUT2D eigenvalue weighted by atomic mass is 14.3. The molecular weight excluding hydrogens is 817 g/mol. The Labute approximate surface area is 399 Å². The van der Waals surface area contributed by atoms with Crippen LogP contribution in [0.3, 0.4) is 0 Å². The van der Waals surface area contributed by atoms with Gasteiger partial charge >= 0.3 is 0 Å². The van der Waals surface area contributed by atoms with Crippen molar-refractivity contribution in [2.45, 2.75) is 66.2 Å². The van der Waals surface area contributed by atoms with Crippen LogP contribution in [0, 0.1) is 13.8 Å². The van der Waals surface area contributed by atoms with Crippen LogP contribution in [0.2, 0.25) is 0 Å². The lowest BCUT2D eigenvalue weighted by atomic mass is 9.86. The maximum Gasteiger partial charge on any atom is -0.00195 e. The molecule has 0 fully saturated rings. The molecule has 0 spiro atoms. The van der Waals surface area contributed by atoms with Crippen LogP contribution in [0.15, 0.2) is 182 Å². The van der Waals surface area contributed by atoms with Crippen LogP contribution in [0.1, 0.15) is 63.8 Å². The Morgan fingerprint density at radius 3 is 0.853 bits per heavy atom. The van der Waals surface area contributed by atoms with Gasteiger partial charge in [0, 0.05) is 0 Å². The summed E-state index contributed by atoms with van der Waals surface area (Å²) in [6, 6.07) is 70.3. The van der Waals surface area contributed by atoms with Crippen LogP contribution in [0.25, 0.3) is 131 Å². The van der Waals surface area contributed by atoms with Crippen molar-refractivity contribution in [3.8, 4) is 44.5 Å². The van der Waals surface area contributed by atoms with Crippen LogP contribution in [0.4, 0.5) is 0 Å². The molecule has 68 heavy (non-hydrogen) atoms. The zero-order chi connectivity index (χ0) is 46.4. The lowest BCUT2D eigenvalue weighted by Gasteiger charge is -2.19. The molecule has 0 nitrogen and oxygen atoms in total. The van der Waals surface area contributed by atoms with E-state index < -0.39 is 0 Å². The van der Waals surface area contributed by atoms with Crippen LogP contribution in [-0.4, -0.2) is 0 Å². The second-order valence-corrected chi connectivity index (χ2v) is 21.8. The Hall–Kier alpha value is -7.54. The smallest absolute Gasteiger partial charge is 0.00195 e. The number of hydrogen-bond acceptors (Lipinski definition) is 0. The predicted octanol–water partition coefficient (Wildman–Crippen LogP) is 19.7. The number of hydrogen-bond donors (Lipinski definition) is 0. The Kier molecular flexibility index (Phi) is 8.67. The molecule has 0 heteroatoms. The summed E-state index contributed by atoms with van der Waals surface area (Å²) in [4.78, 5) is 0. The molecule has 0 aliphatic rings. The maximum absolute atomic E-state index is 2.54. The van der Waals surface area contributed by atoms with Crippen molar-refractivity contribution in [3.05, 3.63) is 204 Å². The van der Waals surface area contributed by atoms with E-state index in [1.54, 1.807) is 0 Å².